The lowest BCUT2D eigenvalue weighted by atomic mass is 10.1. The van der Waals surface area contributed by atoms with Gasteiger partial charge in [-0.05, 0) is 52.3 Å². The van der Waals surface area contributed by atoms with Gasteiger partial charge in [-0.25, -0.2) is 4.79 Å². The number of likely N-dealkylation sites (tertiary alicyclic amines) is 1. The molecule has 2 amide bonds. The molecule has 3 rings (SSSR count). The van der Waals surface area contributed by atoms with Gasteiger partial charge in [0.1, 0.15) is 11.8 Å². The van der Waals surface area contributed by atoms with Crippen molar-refractivity contribution in [3.05, 3.63) is 29.3 Å². The van der Waals surface area contributed by atoms with Crippen LogP contribution in [-0.2, 0) is 20.4 Å². The zero-order chi connectivity index (χ0) is 24.6. The number of anilines is 1. The number of nitriles is 1. The van der Waals surface area contributed by atoms with E-state index in [1.54, 1.807) is 43.6 Å². The van der Waals surface area contributed by atoms with Gasteiger partial charge in [-0.15, -0.1) is 0 Å². The summed E-state index contributed by atoms with van der Waals surface area (Å²) in [6, 6.07) is 4.73. The maximum Gasteiger partial charge on any atom is 0.417 e. The highest BCUT2D eigenvalue weighted by atomic mass is 19.4. The lowest BCUT2D eigenvalue weighted by Gasteiger charge is -2.23. The summed E-state index contributed by atoms with van der Waals surface area (Å²) >= 11 is 0. The van der Waals surface area contributed by atoms with Crippen molar-refractivity contribution >= 4 is 17.7 Å². The maximum absolute atomic E-state index is 13.3. The Morgan fingerprint density at radius 1 is 1.24 bits per heavy atom. The number of hydrogen-bond acceptors (Lipinski definition) is 6. The molecule has 0 spiro atoms. The Labute approximate surface area is 190 Å². The van der Waals surface area contributed by atoms with Crippen molar-refractivity contribution in [1.82, 2.24) is 10.2 Å². The highest BCUT2D eigenvalue weighted by molar-refractivity contribution is 5.83. The van der Waals surface area contributed by atoms with Gasteiger partial charge in [0.2, 0.25) is 0 Å². The molecule has 2 fully saturated rings. The largest absolute Gasteiger partial charge is 0.444 e. The maximum atomic E-state index is 13.3. The Kier molecular flexibility index (Phi) is 6.79. The van der Waals surface area contributed by atoms with Gasteiger partial charge >= 0.3 is 12.3 Å². The molecule has 1 N–H and O–H groups in total. The van der Waals surface area contributed by atoms with Gasteiger partial charge in [-0.2, -0.15) is 18.4 Å². The van der Waals surface area contributed by atoms with E-state index in [0.29, 0.717) is 19.5 Å². The third-order valence-corrected chi connectivity index (χ3v) is 5.42. The predicted molar refractivity (Wildman–Crippen MR) is 112 cm³/mol. The second-order valence-electron chi connectivity index (χ2n) is 9.13. The zero-order valence-corrected chi connectivity index (χ0v) is 18.9. The number of nitrogens with one attached hydrogen (secondary N) is 1. The van der Waals surface area contributed by atoms with Gasteiger partial charge in [0.05, 0.1) is 29.8 Å². The average Bonchev–Trinajstić information content (AvgIpc) is 3.31. The lowest BCUT2D eigenvalue weighted by molar-refractivity contribution is -0.141. The summed E-state index contributed by atoms with van der Waals surface area (Å²) < 4.78 is 51.0. The van der Waals surface area contributed by atoms with Crippen LogP contribution in [0.3, 0.4) is 0 Å². The highest BCUT2D eigenvalue weighted by Crippen LogP contribution is 2.36. The number of nitrogens with zero attached hydrogens (tertiary/aromatic N) is 3. The van der Waals surface area contributed by atoms with Gasteiger partial charge in [-0.3, -0.25) is 4.79 Å². The van der Waals surface area contributed by atoms with Gasteiger partial charge in [-0.1, -0.05) is 0 Å². The standard InChI is InChI=1S/C22H27F3N4O4/c1-13-29(16-6-5-14(10-26)17(9-16)22(23,24)25)12-18(32-13)19(30)28-8-7-15(11-28)27-20(31)33-21(2,3)4/h5-6,9,13,15,18H,7-8,11-12H2,1-4H3,(H,27,31)/t13-,15-,18+/m1/s1. The van der Waals surface area contributed by atoms with Crippen LogP contribution in [0.4, 0.5) is 23.7 Å². The number of ether oxygens (including phenoxy) is 2. The lowest BCUT2D eigenvalue weighted by Crippen LogP contribution is -2.44. The summed E-state index contributed by atoms with van der Waals surface area (Å²) in [5, 5.41) is 11.7. The predicted octanol–water partition coefficient (Wildman–Crippen LogP) is 3.25. The summed E-state index contributed by atoms with van der Waals surface area (Å²) in [7, 11) is 0. The van der Waals surface area contributed by atoms with E-state index in [4.69, 9.17) is 14.7 Å². The molecule has 0 aliphatic carbocycles. The molecule has 0 radical (unpaired) electrons. The molecule has 11 heteroatoms. The molecule has 180 valence electrons. The fraction of sp³-hybridized carbons (Fsp3) is 0.591. The molecule has 3 atom stereocenters. The molecule has 0 unspecified atom stereocenters. The van der Waals surface area contributed by atoms with E-state index in [1.807, 2.05) is 0 Å². The monoisotopic (exact) mass is 468 g/mol. The molecule has 0 saturated carbocycles. The van der Waals surface area contributed by atoms with Crippen molar-refractivity contribution in [3.8, 4) is 6.07 Å². The van der Waals surface area contributed by atoms with Gasteiger partial charge in [0.25, 0.3) is 5.91 Å². The minimum absolute atomic E-state index is 0.0733. The van der Waals surface area contributed by atoms with Crippen molar-refractivity contribution < 1.29 is 32.2 Å². The molecule has 0 aromatic heterocycles. The van der Waals surface area contributed by atoms with Gasteiger partial charge < -0.3 is 24.6 Å². The molecule has 1 aromatic rings. The zero-order valence-electron chi connectivity index (χ0n) is 18.9. The van der Waals surface area contributed by atoms with E-state index in [0.717, 1.165) is 12.1 Å². The molecule has 8 nitrogen and oxygen atoms in total. The van der Waals surface area contributed by atoms with Crippen LogP contribution in [0, 0.1) is 11.3 Å². The SMILES string of the molecule is C[C@H]1O[C@H](C(=O)N2CC[C@@H](NC(=O)OC(C)(C)C)C2)CN1c1ccc(C#N)c(C(F)(F)F)c1. The van der Waals surface area contributed by atoms with Crippen LogP contribution in [0.1, 0.15) is 45.2 Å². The Hall–Kier alpha value is -3.00. The van der Waals surface area contributed by atoms with Crippen molar-refractivity contribution in [2.45, 2.75) is 64.3 Å². The van der Waals surface area contributed by atoms with Gasteiger partial charge in [0, 0.05) is 18.8 Å². The minimum atomic E-state index is -4.67. The molecule has 0 bridgehead atoms. The second kappa shape index (κ2) is 9.09. The van der Waals surface area contributed by atoms with Crippen LogP contribution in [0.25, 0.3) is 0 Å². The summed E-state index contributed by atoms with van der Waals surface area (Å²) in [6.45, 7) is 7.70. The minimum Gasteiger partial charge on any atom is -0.444 e. The quantitative estimate of drug-likeness (QED) is 0.732. The average molecular weight is 468 g/mol. The van der Waals surface area contributed by atoms with Gasteiger partial charge in [0.15, 0.2) is 6.10 Å². The van der Waals surface area contributed by atoms with Crippen LogP contribution in [0.2, 0.25) is 0 Å². The Morgan fingerprint density at radius 2 is 1.94 bits per heavy atom. The van der Waals surface area contributed by atoms with E-state index < -0.39 is 41.3 Å². The normalized spacial score (nSPS) is 23.4. The topological polar surface area (TPSA) is 94.9 Å². The van der Waals surface area contributed by atoms with Crippen LogP contribution in [0.15, 0.2) is 18.2 Å². The van der Waals surface area contributed by atoms with Crippen LogP contribution in [0.5, 0.6) is 0 Å². The van der Waals surface area contributed by atoms with E-state index in [-0.39, 0.29) is 24.2 Å². The van der Waals surface area contributed by atoms with E-state index in [9.17, 15) is 22.8 Å². The van der Waals surface area contributed by atoms with Crippen LogP contribution >= 0.6 is 0 Å². The number of hydrogen-bond donors (Lipinski definition) is 1. The number of carbonyl (C=O) groups is 2. The summed E-state index contributed by atoms with van der Waals surface area (Å²) in [5.74, 6) is -0.289. The first-order chi connectivity index (χ1) is 15.3. The number of carbonyl (C=O) groups excluding carboxylic acids is 2. The van der Waals surface area contributed by atoms with Crippen molar-refractivity contribution in [2.24, 2.45) is 0 Å². The number of rotatable bonds is 3. The molecular weight excluding hydrogens is 441 g/mol. The third-order valence-electron chi connectivity index (χ3n) is 5.42. The Balaban J connectivity index is 1.64. The van der Waals surface area contributed by atoms with Crippen molar-refractivity contribution in [2.75, 3.05) is 24.5 Å². The first-order valence-corrected chi connectivity index (χ1v) is 10.6. The number of benzene rings is 1. The van der Waals surface area contributed by atoms with Crippen LogP contribution in [-0.4, -0.2) is 60.5 Å². The molecule has 2 saturated heterocycles. The second-order valence-corrected chi connectivity index (χ2v) is 9.13. The number of halogens is 3. The molecule has 2 heterocycles. The first kappa shape index (κ1) is 24.6. The summed E-state index contributed by atoms with van der Waals surface area (Å²) in [4.78, 5) is 28.1. The fourth-order valence-corrected chi connectivity index (χ4v) is 3.93. The molecular formula is C22H27F3N4O4. The smallest absolute Gasteiger partial charge is 0.417 e. The van der Waals surface area contributed by atoms with Crippen LogP contribution < -0.4 is 10.2 Å². The van der Waals surface area contributed by atoms with Crippen molar-refractivity contribution in [1.29, 1.82) is 5.26 Å². The van der Waals surface area contributed by atoms with E-state index in [2.05, 4.69) is 5.32 Å². The number of alkyl carbamates (subject to hydrolysis) is 1. The molecule has 1 aromatic carbocycles. The summed E-state index contributed by atoms with van der Waals surface area (Å²) in [6.07, 6.45) is -6.16. The molecule has 2 aliphatic heterocycles. The first-order valence-electron chi connectivity index (χ1n) is 10.6. The highest BCUT2D eigenvalue weighted by Gasteiger charge is 2.40. The Bertz CT molecular complexity index is 954. The fourth-order valence-electron chi connectivity index (χ4n) is 3.93. The molecule has 33 heavy (non-hydrogen) atoms. The Morgan fingerprint density at radius 3 is 2.55 bits per heavy atom. The molecule has 2 aliphatic rings. The summed E-state index contributed by atoms with van der Waals surface area (Å²) in [5.41, 5.74) is -1.91. The van der Waals surface area contributed by atoms with Crippen molar-refractivity contribution in [3.63, 3.8) is 0 Å². The van der Waals surface area contributed by atoms with E-state index >= 15 is 0 Å². The number of alkyl halides is 3. The number of amides is 2. The third kappa shape index (κ3) is 5.87. The van der Waals surface area contributed by atoms with E-state index in [1.165, 1.54) is 6.07 Å².